The molecule has 0 aliphatic carbocycles. The van der Waals surface area contributed by atoms with Crippen molar-refractivity contribution in [2.24, 2.45) is 0 Å². The van der Waals surface area contributed by atoms with E-state index in [1.807, 2.05) is 6.92 Å². The monoisotopic (exact) mass is 237 g/mol. The van der Waals surface area contributed by atoms with Crippen LogP contribution in [0.1, 0.15) is 34.1 Å². The van der Waals surface area contributed by atoms with Crippen molar-refractivity contribution < 1.29 is 8.42 Å². The first kappa shape index (κ1) is 14.1. The maximum Gasteiger partial charge on any atom is 0.155 e. The highest BCUT2D eigenvalue weighted by atomic mass is 32.2. The Hall–Kier alpha value is 0.127. The molecule has 3 nitrogen and oxygen atoms in total. The van der Waals surface area contributed by atoms with Crippen LogP contribution in [0.4, 0.5) is 0 Å². The van der Waals surface area contributed by atoms with E-state index < -0.39 is 18.9 Å². The van der Waals surface area contributed by atoms with Crippen LogP contribution in [0.25, 0.3) is 0 Å². The third kappa shape index (κ3) is 3.71. The average Bonchev–Trinajstić information content (AvgIpc) is 1.97. The van der Waals surface area contributed by atoms with Crippen LogP contribution >= 0.6 is 0 Å². The molecule has 0 amide bonds. The van der Waals surface area contributed by atoms with E-state index >= 15 is 0 Å². The summed E-state index contributed by atoms with van der Waals surface area (Å²) in [4.78, 5) is 3.33. The molecule has 14 heavy (non-hydrogen) atoms. The van der Waals surface area contributed by atoms with Gasteiger partial charge in [-0.3, -0.25) is 0 Å². The standard InChI is InChI=1S/C9H23NO2SSi/c1-7-8(13(11)12)10-14(5,6)9(2,3)4/h8,10,13H,7H2,1-6H3. The number of rotatable bonds is 4. The van der Waals surface area contributed by atoms with Gasteiger partial charge < -0.3 is 4.98 Å². The molecule has 0 aromatic rings. The van der Waals surface area contributed by atoms with E-state index in [0.29, 0.717) is 6.42 Å². The van der Waals surface area contributed by atoms with Crippen LogP contribution in [0.2, 0.25) is 18.1 Å². The predicted octanol–water partition coefficient (Wildman–Crippen LogP) is 1.93. The second kappa shape index (κ2) is 4.77. The van der Waals surface area contributed by atoms with Gasteiger partial charge in [0.15, 0.2) is 10.7 Å². The summed E-state index contributed by atoms with van der Waals surface area (Å²) < 4.78 is 21.9. The molecule has 1 atom stereocenters. The van der Waals surface area contributed by atoms with Gasteiger partial charge in [-0.15, -0.1) is 0 Å². The topological polar surface area (TPSA) is 46.2 Å². The third-order valence-electron chi connectivity index (χ3n) is 3.04. The molecule has 0 spiro atoms. The van der Waals surface area contributed by atoms with Crippen molar-refractivity contribution in [2.45, 2.75) is 57.6 Å². The van der Waals surface area contributed by atoms with Crippen LogP contribution in [0.5, 0.6) is 0 Å². The lowest BCUT2D eigenvalue weighted by molar-refractivity contribution is 0.582. The van der Waals surface area contributed by atoms with Crippen LogP contribution in [0.15, 0.2) is 0 Å². The molecule has 0 heterocycles. The molecule has 5 heteroatoms. The van der Waals surface area contributed by atoms with Crippen LogP contribution in [0.3, 0.4) is 0 Å². The third-order valence-corrected chi connectivity index (χ3v) is 9.11. The van der Waals surface area contributed by atoms with E-state index in [0.717, 1.165) is 0 Å². The first-order valence-electron chi connectivity index (χ1n) is 5.03. The Morgan fingerprint density at radius 1 is 1.29 bits per heavy atom. The van der Waals surface area contributed by atoms with Crippen molar-refractivity contribution in [1.82, 2.24) is 4.98 Å². The highest BCUT2D eigenvalue weighted by Crippen LogP contribution is 2.34. The first-order valence-corrected chi connectivity index (χ1v) is 9.27. The minimum Gasteiger partial charge on any atom is -0.322 e. The van der Waals surface area contributed by atoms with Crippen LogP contribution < -0.4 is 4.98 Å². The SMILES string of the molecule is CCC(N[Si](C)(C)C(C)(C)C)[SH](=O)=O. The van der Waals surface area contributed by atoms with Crippen molar-refractivity contribution in [1.29, 1.82) is 0 Å². The Bertz CT molecular complexity index is 248. The maximum atomic E-state index is 10.9. The van der Waals surface area contributed by atoms with E-state index in [2.05, 4.69) is 38.8 Å². The average molecular weight is 237 g/mol. The molecular formula is C9H23NO2SSi. The maximum absolute atomic E-state index is 10.9. The lowest BCUT2D eigenvalue weighted by Gasteiger charge is -2.39. The highest BCUT2D eigenvalue weighted by Gasteiger charge is 2.37. The number of nitrogens with one attached hydrogen (secondary N) is 1. The molecule has 0 saturated carbocycles. The summed E-state index contributed by atoms with van der Waals surface area (Å²) in [6, 6.07) is 0. The van der Waals surface area contributed by atoms with Crippen LogP contribution in [-0.2, 0) is 10.7 Å². The molecule has 0 rings (SSSR count). The summed E-state index contributed by atoms with van der Waals surface area (Å²) in [5.74, 6) is 0. The second-order valence-electron chi connectivity index (χ2n) is 5.23. The second-order valence-corrected chi connectivity index (χ2v) is 11.5. The summed E-state index contributed by atoms with van der Waals surface area (Å²) in [7, 11) is -4.04. The first-order chi connectivity index (χ1) is 6.12. The summed E-state index contributed by atoms with van der Waals surface area (Å²) in [6.45, 7) is 12.7. The smallest absolute Gasteiger partial charge is 0.155 e. The lowest BCUT2D eigenvalue weighted by Crippen LogP contribution is -2.56. The van der Waals surface area contributed by atoms with Crippen molar-refractivity contribution in [2.75, 3.05) is 0 Å². The molecule has 0 saturated heterocycles. The molecule has 0 aliphatic rings. The Labute approximate surface area is 90.3 Å². The summed E-state index contributed by atoms with van der Waals surface area (Å²) in [5, 5.41) is -0.183. The molecule has 0 aliphatic heterocycles. The number of hydrogen-bond donors (Lipinski definition) is 2. The van der Waals surface area contributed by atoms with Crippen molar-refractivity contribution in [3.63, 3.8) is 0 Å². The van der Waals surface area contributed by atoms with E-state index in [4.69, 9.17) is 0 Å². The summed E-state index contributed by atoms with van der Waals surface area (Å²) in [5.41, 5.74) is 0. The van der Waals surface area contributed by atoms with Gasteiger partial charge in [-0.2, -0.15) is 0 Å². The van der Waals surface area contributed by atoms with E-state index in [1.54, 1.807) is 0 Å². The molecular weight excluding hydrogens is 214 g/mol. The molecule has 0 radical (unpaired) electrons. The molecule has 0 aromatic heterocycles. The normalized spacial score (nSPS) is 15.9. The van der Waals surface area contributed by atoms with Gasteiger partial charge in [0.25, 0.3) is 0 Å². The van der Waals surface area contributed by atoms with Gasteiger partial charge in [-0.05, 0) is 11.5 Å². The summed E-state index contributed by atoms with van der Waals surface area (Å²) >= 11 is 0. The molecule has 86 valence electrons. The predicted molar refractivity (Wildman–Crippen MR) is 64.7 cm³/mol. The van der Waals surface area contributed by atoms with Gasteiger partial charge in [-0.1, -0.05) is 40.8 Å². The quantitative estimate of drug-likeness (QED) is 0.580. The van der Waals surface area contributed by atoms with Crippen molar-refractivity contribution in [3.05, 3.63) is 0 Å². The van der Waals surface area contributed by atoms with E-state index in [-0.39, 0.29) is 10.4 Å². The van der Waals surface area contributed by atoms with Crippen molar-refractivity contribution >= 4 is 18.9 Å². The summed E-state index contributed by atoms with van der Waals surface area (Å²) in [6.07, 6.45) is 0.644. The Balaban J connectivity index is 4.64. The molecule has 1 N–H and O–H groups in total. The highest BCUT2D eigenvalue weighted by molar-refractivity contribution is 7.73. The Morgan fingerprint density at radius 3 is 1.93 bits per heavy atom. The van der Waals surface area contributed by atoms with Gasteiger partial charge >= 0.3 is 0 Å². The fraction of sp³-hybridized carbons (Fsp3) is 1.00. The molecule has 0 aromatic carbocycles. The Morgan fingerprint density at radius 2 is 1.71 bits per heavy atom. The van der Waals surface area contributed by atoms with Gasteiger partial charge in [0.2, 0.25) is 0 Å². The van der Waals surface area contributed by atoms with Crippen LogP contribution in [-0.4, -0.2) is 22.0 Å². The number of thiol groups is 1. The van der Waals surface area contributed by atoms with Gasteiger partial charge in [0, 0.05) is 0 Å². The van der Waals surface area contributed by atoms with Gasteiger partial charge in [0.05, 0.1) is 0 Å². The fourth-order valence-electron chi connectivity index (χ4n) is 0.937. The zero-order valence-corrected chi connectivity index (χ0v) is 11.9. The van der Waals surface area contributed by atoms with E-state index in [9.17, 15) is 8.42 Å². The molecule has 0 fully saturated rings. The zero-order valence-electron chi connectivity index (χ0n) is 10.0. The molecule has 1 unspecified atom stereocenters. The zero-order chi connectivity index (χ0) is 11.6. The fourth-order valence-corrected chi connectivity index (χ4v) is 4.10. The van der Waals surface area contributed by atoms with E-state index in [1.165, 1.54) is 0 Å². The largest absolute Gasteiger partial charge is 0.322 e. The molecule has 0 bridgehead atoms. The van der Waals surface area contributed by atoms with Crippen molar-refractivity contribution in [3.8, 4) is 0 Å². The minimum absolute atomic E-state index is 0.172. The minimum atomic E-state index is -2.35. The van der Waals surface area contributed by atoms with Crippen LogP contribution in [0, 0.1) is 0 Å². The number of hydrogen-bond acceptors (Lipinski definition) is 3. The Kier molecular flexibility index (Phi) is 4.81. The lowest BCUT2D eigenvalue weighted by atomic mass is 10.2. The van der Waals surface area contributed by atoms with Gasteiger partial charge in [-0.25, -0.2) is 8.42 Å². The van der Waals surface area contributed by atoms with Gasteiger partial charge in [0.1, 0.15) is 13.6 Å².